The molecule has 5 nitrogen and oxygen atoms in total. The van der Waals surface area contributed by atoms with E-state index in [0.29, 0.717) is 24.6 Å². The first kappa shape index (κ1) is 17.0. The van der Waals surface area contributed by atoms with Gasteiger partial charge in [0.15, 0.2) is 5.82 Å². The monoisotopic (exact) mass is 340 g/mol. The second-order valence-corrected chi connectivity index (χ2v) is 7.18. The Hall–Kier alpha value is -1.40. The number of carbonyl (C=O) groups is 1. The first-order valence-corrected chi connectivity index (χ1v) is 8.64. The van der Waals surface area contributed by atoms with E-state index >= 15 is 0 Å². The van der Waals surface area contributed by atoms with Gasteiger partial charge < -0.3 is 5.32 Å². The number of rotatable bonds is 7. The van der Waals surface area contributed by atoms with E-state index in [4.69, 9.17) is 11.6 Å². The highest BCUT2D eigenvalue weighted by Crippen LogP contribution is 2.22. The van der Waals surface area contributed by atoms with Crippen LogP contribution in [0.15, 0.2) is 12.1 Å². The van der Waals surface area contributed by atoms with Crippen LogP contribution in [0.4, 0.5) is 0 Å². The van der Waals surface area contributed by atoms with E-state index in [1.54, 1.807) is 0 Å². The lowest BCUT2D eigenvalue weighted by Crippen LogP contribution is -2.27. The van der Waals surface area contributed by atoms with Crippen LogP contribution >= 0.6 is 22.9 Å². The zero-order valence-corrected chi connectivity index (χ0v) is 14.6. The topological polar surface area (TPSA) is 70.7 Å². The molecule has 0 aromatic carbocycles. The van der Waals surface area contributed by atoms with E-state index in [-0.39, 0.29) is 11.9 Å². The average Bonchev–Trinajstić information content (AvgIpc) is 3.13. The summed E-state index contributed by atoms with van der Waals surface area (Å²) in [6, 6.07) is 3.63. The normalized spacial score (nSPS) is 13.8. The number of halogens is 1. The Labute approximate surface area is 139 Å². The van der Waals surface area contributed by atoms with Crippen LogP contribution in [0, 0.1) is 0 Å². The minimum Gasteiger partial charge on any atom is -0.346 e. The molecule has 0 spiro atoms. The molecule has 2 aromatic heterocycles. The number of nitrogens with one attached hydrogen (secondary N) is 2. The standard InChI is InChI=1S/C15H21ClN4OS/c1-4-9(2)14-18-15(20-19-14)10(3)17-13(21)8-6-11-5-7-12(16)22-11/h5,7,9-10H,4,6,8H2,1-3H3,(H,17,21)(H,18,19,20)/t9-,10+/m0/s1. The van der Waals surface area contributed by atoms with Crippen LogP contribution in [-0.2, 0) is 11.2 Å². The number of nitrogens with zero attached hydrogens (tertiary/aromatic N) is 2. The van der Waals surface area contributed by atoms with E-state index in [9.17, 15) is 4.79 Å². The van der Waals surface area contributed by atoms with Gasteiger partial charge in [0.1, 0.15) is 5.82 Å². The van der Waals surface area contributed by atoms with Gasteiger partial charge in [0, 0.05) is 17.2 Å². The molecule has 0 radical (unpaired) electrons. The summed E-state index contributed by atoms with van der Waals surface area (Å²) in [6.07, 6.45) is 2.12. The molecule has 0 saturated carbocycles. The maximum atomic E-state index is 12.0. The van der Waals surface area contributed by atoms with Gasteiger partial charge in [-0.3, -0.25) is 9.89 Å². The van der Waals surface area contributed by atoms with Crippen molar-refractivity contribution in [1.82, 2.24) is 20.5 Å². The first-order chi connectivity index (χ1) is 10.5. The highest BCUT2D eigenvalue weighted by Gasteiger charge is 2.16. The van der Waals surface area contributed by atoms with Crippen LogP contribution in [0.5, 0.6) is 0 Å². The summed E-state index contributed by atoms with van der Waals surface area (Å²) >= 11 is 7.39. The molecule has 2 N–H and O–H groups in total. The van der Waals surface area contributed by atoms with Gasteiger partial charge in [0.2, 0.25) is 5.91 Å². The smallest absolute Gasteiger partial charge is 0.220 e. The molecule has 0 aliphatic heterocycles. The third-order valence-corrected chi connectivity index (χ3v) is 4.88. The number of aromatic amines is 1. The molecule has 0 fully saturated rings. The van der Waals surface area contributed by atoms with Gasteiger partial charge in [0.05, 0.1) is 10.4 Å². The quantitative estimate of drug-likeness (QED) is 0.804. The predicted molar refractivity (Wildman–Crippen MR) is 89.3 cm³/mol. The number of carbonyl (C=O) groups excluding carboxylic acids is 1. The number of aromatic nitrogens is 3. The van der Waals surface area contributed by atoms with Crippen LogP contribution in [0.2, 0.25) is 4.34 Å². The number of thiophene rings is 1. The maximum Gasteiger partial charge on any atom is 0.220 e. The zero-order chi connectivity index (χ0) is 16.1. The lowest BCUT2D eigenvalue weighted by atomic mass is 10.1. The number of amides is 1. The molecule has 2 heterocycles. The van der Waals surface area contributed by atoms with E-state index in [1.165, 1.54) is 11.3 Å². The molecule has 22 heavy (non-hydrogen) atoms. The molecule has 0 aliphatic carbocycles. The van der Waals surface area contributed by atoms with E-state index in [2.05, 4.69) is 34.3 Å². The third-order valence-electron chi connectivity index (χ3n) is 3.59. The first-order valence-electron chi connectivity index (χ1n) is 7.45. The third kappa shape index (κ3) is 4.55. The molecule has 1 amide bonds. The van der Waals surface area contributed by atoms with Crippen LogP contribution in [-0.4, -0.2) is 21.1 Å². The maximum absolute atomic E-state index is 12.0. The van der Waals surface area contributed by atoms with E-state index in [0.717, 1.165) is 21.5 Å². The van der Waals surface area contributed by atoms with E-state index in [1.807, 2.05) is 19.1 Å². The fourth-order valence-electron chi connectivity index (χ4n) is 1.99. The van der Waals surface area contributed by atoms with Crippen molar-refractivity contribution in [3.05, 3.63) is 33.0 Å². The number of H-pyrrole nitrogens is 1. The summed E-state index contributed by atoms with van der Waals surface area (Å²) in [5.74, 6) is 1.81. The molecule has 2 aromatic rings. The summed E-state index contributed by atoms with van der Waals surface area (Å²) < 4.78 is 0.753. The summed E-state index contributed by atoms with van der Waals surface area (Å²) in [4.78, 5) is 17.6. The molecule has 2 atom stereocenters. The van der Waals surface area contributed by atoms with Crippen molar-refractivity contribution in [2.75, 3.05) is 0 Å². The fraction of sp³-hybridized carbons (Fsp3) is 0.533. The van der Waals surface area contributed by atoms with Crippen LogP contribution in [0.3, 0.4) is 0 Å². The summed E-state index contributed by atoms with van der Waals surface area (Å²) in [7, 11) is 0. The van der Waals surface area contributed by atoms with Crippen molar-refractivity contribution in [2.24, 2.45) is 0 Å². The second kappa shape index (κ2) is 7.74. The molecule has 120 valence electrons. The Kier molecular flexibility index (Phi) is 5.97. The van der Waals surface area contributed by atoms with Gasteiger partial charge in [-0.2, -0.15) is 5.10 Å². The minimum absolute atomic E-state index is 0.00138. The minimum atomic E-state index is -0.176. The van der Waals surface area contributed by atoms with E-state index < -0.39 is 0 Å². The van der Waals surface area contributed by atoms with Gasteiger partial charge in [-0.15, -0.1) is 11.3 Å². The van der Waals surface area contributed by atoms with Gasteiger partial charge >= 0.3 is 0 Å². The summed E-state index contributed by atoms with van der Waals surface area (Å²) in [5.41, 5.74) is 0. The average molecular weight is 341 g/mol. The number of hydrogen-bond acceptors (Lipinski definition) is 4. The number of aryl methyl sites for hydroxylation is 1. The van der Waals surface area contributed by atoms with Gasteiger partial charge in [-0.1, -0.05) is 25.4 Å². The predicted octanol–water partition coefficient (Wildman–Crippen LogP) is 3.84. The van der Waals surface area contributed by atoms with Crippen molar-refractivity contribution in [3.8, 4) is 0 Å². The van der Waals surface area contributed by atoms with Gasteiger partial charge in [-0.05, 0) is 31.9 Å². The lowest BCUT2D eigenvalue weighted by Gasteiger charge is -2.10. The molecule has 0 unspecified atom stereocenters. The summed E-state index contributed by atoms with van der Waals surface area (Å²) in [5, 5.41) is 10.1. The lowest BCUT2D eigenvalue weighted by molar-refractivity contribution is -0.121. The van der Waals surface area contributed by atoms with Crippen LogP contribution in [0.1, 0.15) is 62.1 Å². The van der Waals surface area contributed by atoms with Crippen LogP contribution in [0.25, 0.3) is 0 Å². The zero-order valence-electron chi connectivity index (χ0n) is 13.0. The van der Waals surface area contributed by atoms with Crippen molar-refractivity contribution >= 4 is 28.8 Å². The van der Waals surface area contributed by atoms with Gasteiger partial charge in [0.25, 0.3) is 0 Å². The van der Waals surface area contributed by atoms with Crippen molar-refractivity contribution < 1.29 is 4.79 Å². The SMILES string of the molecule is CC[C@H](C)c1n[nH]c([C@@H](C)NC(=O)CCc2ccc(Cl)s2)n1. The Bertz CT molecular complexity index is 625. The molecule has 2 rings (SSSR count). The van der Waals surface area contributed by atoms with Crippen LogP contribution < -0.4 is 5.32 Å². The molecule has 0 bridgehead atoms. The molecular weight excluding hydrogens is 320 g/mol. The molecule has 7 heteroatoms. The second-order valence-electron chi connectivity index (χ2n) is 5.38. The number of hydrogen-bond donors (Lipinski definition) is 2. The highest BCUT2D eigenvalue weighted by atomic mass is 35.5. The molecule has 0 aliphatic rings. The molecular formula is C15H21ClN4OS. The molecule has 0 saturated heterocycles. The van der Waals surface area contributed by atoms with Crippen molar-refractivity contribution in [1.29, 1.82) is 0 Å². The highest BCUT2D eigenvalue weighted by molar-refractivity contribution is 7.16. The largest absolute Gasteiger partial charge is 0.346 e. The Balaban J connectivity index is 1.84. The van der Waals surface area contributed by atoms with Crippen molar-refractivity contribution in [2.45, 2.75) is 52.0 Å². The fourth-order valence-corrected chi connectivity index (χ4v) is 3.08. The summed E-state index contributed by atoms with van der Waals surface area (Å²) in [6.45, 7) is 6.09. The Morgan fingerprint density at radius 2 is 2.23 bits per heavy atom. The Morgan fingerprint density at radius 1 is 1.45 bits per heavy atom. The van der Waals surface area contributed by atoms with Crippen molar-refractivity contribution in [3.63, 3.8) is 0 Å². The van der Waals surface area contributed by atoms with Gasteiger partial charge in [-0.25, -0.2) is 4.98 Å². The Morgan fingerprint density at radius 3 is 2.86 bits per heavy atom.